The Kier molecular flexibility index (Phi) is 7.29. The zero-order valence-corrected chi connectivity index (χ0v) is 16.7. The molecule has 156 valence electrons. The average molecular weight is 426 g/mol. The van der Waals surface area contributed by atoms with Crippen molar-refractivity contribution in [1.29, 1.82) is 0 Å². The van der Waals surface area contributed by atoms with Gasteiger partial charge in [0.1, 0.15) is 0 Å². The van der Waals surface area contributed by atoms with Crippen molar-refractivity contribution < 1.29 is 31.5 Å². The van der Waals surface area contributed by atoms with Crippen LogP contribution in [0.5, 0.6) is 11.5 Å². The molecule has 0 aliphatic carbocycles. The van der Waals surface area contributed by atoms with Crippen LogP contribution in [-0.4, -0.2) is 46.4 Å². The minimum atomic E-state index is -3.55. The van der Waals surface area contributed by atoms with E-state index >= 15 is 0 Å². The van der Waals surface area contributed by atoms with Crippen molar-refractivity contribution >= 4 is 27.7 Å². The first-order chi connectivity index (χ1) is 13.6. The third-order valence-electron chi connectivity index (χ3n) is 3.73. The summed E-state index contributed by atoms with van der Waals surface area (Å²) < 4.78 is 59.2. The highest BCUT2D eigenvalue weighted by Crippen LogP contribution is 2.29. The predicted molar refractivity (Wildman–Crippen MR) is 105 cm³/mol. The lowest BCUT2D eigenvalue weighted by molar-refractivity contribution is -0.111. The molecule has 0 aliphatic rings. The molecule has 0 saturated carbocycles. The standard InChI is InChI=1S/C19H20F2N2O5S/c1-23(2)29(25,26)15-8-6-14(7-9-15)22-18(24)11-5-13-4-10-16(28-19(20)21)17(12-13)27-3/h4-12,19H,1-3H3,(H,22,24). The molecule has 7 nitrogen and oxygen atoms in total. The van der Waals surface area contributed by atoms with Crippen LogP contribution in [-0.2, 0) is 14.8 Å². The highest BCUT2D eigenvalue weighted by molar-refractivity contribution is 7.89. The minimum Gasteiger partial charge on any atom is -0.493 e. The van der Waals surface area contributed by atoms with Crippen molar-refractivity contribution in [2.45, 2.75) is 11.5 Å². The smallest absolute Gasteiger partial charge is 0.387 e. The Morgan fingerprint density at radius 2 is 1.76 bits per heavy atom. The van der Waals surface area contributed by atoms with Crippen molar-refractivity contribution in [3.8, 4) is 11.5 Å². The van der Waals surface area contributed by atoms with Crippen molar-refractivity contribution in [3.05, 3.63) is 54.1 Å². The van der Waals surface area contributed by atoms with Crippen LogP contribution in [0.3, 0.4) is 0 Å². The number of halogens is 2. The first-order valence-electron chi connectivity index (χ1n) is 8.28. The van der Waals surface area contributed by atoms with E-state index < -0.39 is 22.5 Å². The van der Waals surface area contributed by atoms with Gasteiger partial charge in [-0.15, -0.1) is 0 Å². The molecule has 2 aromatic rings. The molecule has 0 fully saturated rings. The van der Waals surface area contributed by atoms with Crippen LogP contribution < -0.4 is 14.8 Å². The Balaban J connectivity index is 2.06. The number of ether oxygens (including phenoxy) is 2. The molecule has 0 atom stereocenters. The summed E-state index contributed by atoms with van der Waals surface area (Å²) >= 11 is 0. The Morgan fingerprint density at radius 3 is 2.31 bits per heavy atom. The number of hydrogen-bond acceptors (Lipinski definition) is 5. The van der Waals surface area contributed by atoms with E-state index in [1.807, 2.05) is 0 Å². The predicted octanol–water partition coefficient (Wildman–Crippen LogP) is 3.20. The van der Waals surface area contributed by atoms with E-state index in [-0.39, 0.29) is 16.4 Å². The van der Waals surface area contributed by atoms with Gasteiger partial charge in [0.25, 0.3) is 0 Å². The lowest BCUT2D eigenvalue weighted by Crippen LogP contribution is -2.22. The lowest BCUT2D eigenvalue weighted by atomic mass is 10.2. The molecule has 0 unspecified atom stereocenters. The summed E-state index contributed by atoms with van der Waals surface area (Å²) in [6.07, 6.45) is 2.71. The Morgan fingerprint density at radius 1 is 1.10 bits per heavy atom. The maximum absolute atomic E-state index is 12.3. The van der Waals surface area contributed by atoms with Gasteiger partial charge in [0, 0.05) is 25.9 Å². The Bertz CT molecular complexity index is 990. The molecule has 1 amide bonds. The van der Waals surface area contributed by atoms with Gasteiger partial charge in [0.2, 0.25) is 15.9 Å². The first kappa shape index (κ1) is 22.3. The molecule has 0 spiro atoms. The number of anilines is 1. The SMILES string of the molecule is COc1cc(C=CC(=O)Nc2ccc(S(=O)(=O)N(C)C)cc2)ccc1OC(F)F. The highest BCUT2D eigenvalue weighted by Gasteiger charge is 2.16. The fourth-order valence-corrected chi connectivity index (χ4v) is 3.16. The van der Waals surface area contributed by atoms with Crippen LogP contribution in [0.15, 0.2) is 53.4 Å². The molecule has 2 aromatic carbocycles. The summed E-state index contributed by atoms with van der Waals surface area (Å²) in [5.41, 5.74) is 0.946. The quantitative estimate of drug-likeness (QED) is 0.656. The number of benzene rings is 2. The molecule has 2 rings (SSSR count). The number of rotatable bonds is 8. The number of amides is 1. The summed E-state index contributed by atoms with van der Waals surface area (Å²) in [6.45, 7) is -2.98. The highest BCUT2D eigenvalue weighted by atomic mass is 32.2. The second-order valence-electron chi connectivity index (χ2n) is 5.92. The maximum atomic E-state index is 12.3. The van der Waals surface area contributed by atoms with Crippen molar-refractivity contribution in [1.82, 2.24) is 4.31 Å². The van der Waals surface area contributed by atoms with Crippen LogP contribution >= 0.6 is 0 Å². The molecule has 10 heteroatoms. The average Bonchev–Trinajstić information content (AvgIpc) is 2.67. The third kappa shape index (κ3) is 6.00. The molecule has 0 aromatic heterocycles. The van der Waals surface area contributed by atoms with Crippen LogP contribution in [0.1, 0.15) is 5.56 Å². The van der Waals surface area contributed by atoms with Gasteiger partial charge in [-0.1, -0.05) is 6.07 Å². The van der Waals surface area contributed by atoms with Crippen molar-refractivity contribution in [3.63, 3.8) is 0 Å². The zero-order valence-electron chi connectivity index (χ0n) is 15.9. The zero-order chi connectivity index (χ0) is 21.6. The fraction of sp³-hybridized carbons (Fsp3) is 0.211. The second kappa shape index (κ2) is 9.48. The number of methoxy groups -OCH3 is 1. The van der Waals surface area contributed by atoms with Gasteiger partial charge >= 0.3 is 6.61 Å². The van der Waals surface area contributed by atoms with E-state index in [0.717, 1.165) is 4.31 Å². The number of alkyl halides is 2. The molecule has 29 heavy (non-hydrogen) atoms. The van der Waals surface area contributed by atoms with Gasteiger partial charge in [-0.05, 0) is 48.0 Å². The minimum absolute atomic E-state index is 0.102. The Hall–Kier alpha value is -2.98. The van der Waals surface area contributed by atoms with E-state index in [1.165, 1.54) is 75.8 Å². The van der Waals surface area contributed by atoms with Crippen LogP contribution in [0.4, 0.5) is 14.5 Å². The van der Waals surface area contributed by atoms with Gasteiger partial charge in [-0.2, -0.15) is 8.78 Å². The molecule has 1 N–H and O–H groups in total. The largest absolute Gasteiger partial charge is 0.493 e. The monoisotopic (exact) mass is 426 g/mol. The van der Waals surface area contributed by atoms with Crippen molar-refractivity contribution in [2.24, 2.45) is 0 Å². The van der Waals surface area contributed by atoms with E-state index in [4.69, 9.17) is 4.74 Å². The van der Waals surface area contributed by atoms with E-state index in [9.17, 15) is 22.0 Å². The number of nitrogens with one attached hydrogen (secondary N) is 1. The summed E-state index contributed by atoms with van der Waals surface area (Å²) in [4.78, 5) is 12.2. The van der Waals surface area contributed by atoms with E-state index in [0.29, 0.717) is 11.3 Å². The van der Waals surface area contributed by atoms with Crippen LogP contribution in [0.25, 0.3) is 6.08 Å². The maximum Gasteiger partial charge on any atom is 0.387 e. The van der Waals surface area contributed by atoms with Gasteiger partial charge in [0.15, 0.2) is 11.5 Å². The number of sulfonamides is 1. The molecule has 0 bridgehead atoms. The first-order valence-corrected chi connectivity index (χ1v) is 9.72. The second-order valence-corrected chi connectivity index (χ2v) is 8.08. The summed E-state index contributed by atoms with van der Waals surface area (Å²) in [7, 11) is 0.620. The fourth-order valence-electron chi connectivity index (χ4n) is 2.26. The van der Waals surface area contributed by atoms with E-state index in [2.05, 4.69) is 10.1 Å². The molecule has 0 aliphatic heterocycles. The van der Waals surface area contributed by atoms with Crippen molar-refractivity contribution in [2.75, 3.05) is 26.5 Å². The number of hydrogen-bond donors (Lipinski definition) is 1. The number of carbonyl (C=O) groups excluding carboxylic acids is 1. The number of carbonyl (C=O) groups is 1. The van der Waals surface area contributed by atoms with Gasteiger partial charge in [-0.3, -0.25) is 4.79 Å². The number of nitrogens with zero attached hydrogens (tertiary/aromatic N) is 1. The van der Waals surface area contributed by atoms with Gasteiger partial charge in [-0.25, -0.2) is 12.7 Å². The third-order valence-corrected chi connectivity index (χ3v) is 5.56. The van der Waals surface area contributed by atoms with Crippen LogP contribution in [0.2, 0.25) is 0 Å². The molecule has 0 heterocycles. The molecular weight excluding hydrogens is 406 g/mol. The molecule has 0 radical (unpaired) electrons. The van der Waals surface area contributed by atoms with E-state index in [1.54, 1.807) is 0 Å². The van der Waals surface area contributed by atoms with Gasteiger partial charge in [0.05, 0.1) is 12.0 Å². The molecule has 0 saturated heterocycles. The molecular formula is C19H20F2N2O5S. The normalized spacial score (nSPS) is 11.8. The Labute approximate surface area is 167 Å². The van der Waals surface area contributed by atoms with Crippen LogP contribution in [0, 0.1) is 0 Å². The lowest BCUT2D eigenvalue weighted by Gasteiger charge is -2.11. The summed E-state index contributed by atoms with van der Waals surface area (Å²) in [5.74, 6) is -0.470. The van der Waals surface area contributed by atoms with Gasteiger partial charge < -0.3 is 14.8 Å². The summed E-state index contributed by atoms with van der Waals surface area (Å²) in [6, 6.07) is 9.98. The summed E-state index contributed by atoms with van der Waals surface area (Å²) in [5, 5.41) is 2.60. The topological polar surface area (TPSA) is 84.9 Å².